The largest absolute Gasteiger partial charge is 0.310 e. The Morgan fingerprint density at radius 2 is 0.923 bits per heavy atom. The van der Waals surface area contributed by atoms with E-state index in [9.17, 15) is 0 Å². The number of para-hydroxylation sites is 1. The Morgan fingerprint density at radius 1 is 0.385 bits per heavy atom. The second-order valence-electron chi connectivity index (χ2n) is 9.99. The van der Waals surface area contributed by atoms with Crippen molar-refractivity contribution in [3.05, 3.63) is 163 Å². The average molecular weight is 502 g/mol. The van der Waals surface area contributed by atoms with Crippen LogP contribution in [-0.4, -0.2) is 0 Å². The summed E-state index contributed by atoms with van der Waals surface area (Å²) in [6.07, 6.45) is 0. The van der Waals surface area contributed by atoms with E-state index in [1.54, 1.807) is 0 Å². The van der Waals surface area contributed by atoms with Crippen LogP contribution >= 0.6 is 0 Å². The van der Waals surface area contributed by atoms with Gasteiger partial charge >= 0.3 is 0 Å². The van der Waals surface area contributed by atoms with Crippen molar-refractivity contribution in [1.29, 1.82) is 0 Å². The van der Waals surface area contributed by atoms with Crippen molar-refractivity contribution in [3.8, 4) is 33.4 Å². The van der Waals surface area contributed by atoms with Crippen LogP contribution in [0.25, 0.3) is 33.4 Å². The number of aryl methyl sites for hydroxylation is 2. The third-order valence-corrected chi connectivity index (χ3v) is 7.15. The molecule has 0 aliphatic rings. The van der Waals surface area contributed by atoms with Gasteiger partial charge in [-0.1, -0.05) is 127 Å². The highest BCUT2D eigenvalue weighted by molar-refractivity contribution is 6.02. The summed E-state index contributed by atoms with van der Waals surface area (Å²) in [6.45, 7) is 4.32. The maximum Gasteiger partial charge on any atom is 0.0546 e. The van der Waals surface area contributed by atoms with Gasteiger partial charge in [0.2, 0.25) is 0 Å². The molecule has 0 spiro atoms. The molecule has 0 amide bonds. The van der Waals surface area contributed by atoms with Gasteiger partial charge in [0, 0.05) is 16.9 Å². The van der Waals surface area contributed by atoms with Crippen LogP contribution in [-0.2, 0) is 0 Å². The van der Waals surface area contributed by atoms with E-state index in [2.05, 4.69) is 170 Å². The van der Waals surface area contributed by atoms with Crippen LogP contribution in [0.15, 0.2) is 152 Å². The van der Waals surface area contributed by atoms with Crippen molar-refractivity contribution >= 4 is 17.1 Å². The zero-order chi connectivity index (χ0) is 26.6. The lowest BCUT2D eigenvalue weighted by Crippen LogP contribution is -2.12. The molecule has 0 saturated carbocycles. The normalized spacial score (nSPS) is 10.8. The molecule has 6 aromatic carbocycles. The molecular formula is C38H31N. The number of rotatable bonds is 6. The highest BCUT2D eigenvalue weighted by Crippen LogP contribution is 2.49. The highest BCUT2D eigenvalue weighted by Gasteiger charge is 2.23. The first-order chi connectivity index (χ1) is 19.2. The Hall–Kier alpha value is -4.88. The van der Waals surface area contributed by atoms with E-state index in [0.717, 1.165) is 17.1 Å². The molecule has 0 aliphatic carbocycles. The standard InChI is InChI=1S/C38H31N/c1-28-14-12-20-32(26-28)38-36(39(33-21-10-5-11-22-33)34-23-13-15-29(2)27-34)25-24-35(30-16-6-3-7-17-30)37(38)31-18-8-4-9-19-31/h3-27H,1-2H3. The Labute approximate surface area is 231 Å². The fourth-order valence-corrected chi connectivity index (χ4v) is 5.41. The van der Waals surface area contributed by atoms with E-state index < -0.39 is 0 Å². The molecule has 0 radical (unpaired) electrons. The predicted molar refractivity (Wildman–Crippen MR) is 167 cm³/mol. The van der Waals surface area contributed by atoms with Gasteiger partial charge < -0.3 is 4.90 Å². The molecule has 0 saturated heterocycles. The van der Waals surface area contributed by atoms with Crippen molar-refractivity contribution in [3.63, 3.8) is 0 Å². The highest BCUT2D eigenvalue weighted by atomic mass is 15.1. The second kappa shape index (κ2) is 10.8. The van der Waals surface area contributed by atoms with Crippen LogP contribution in [0.5, 0.6) is 0 Å². The Kier molecular flexibility index (Phi) is 6.80. The van der Waals surface area contributed by atoms with Crippen LogP contribution in [0, 0.1) is 13.8 Å². The summed E-state index contributed by atoms with van der Waals surface area (Å²) in [5, 5.41) is 0. The lowest BCUT2D eigenvalue weighted by atomic mass is 9.85. The molecule has 188 valence electrons. The summed E-state index contributed by atoms with van der Waals surface area (Å²) in [5.41, 5.74) is 13.2. The van der Waals surface area contributed by atoms with Crippen LogP contribution in [0.3, 0.4) is 0 Å². The SMILES string of the molecule is Cc1cccc(-c2c(N(c3ccccc3)c3cccc(C)c3)ccc(-c3ccccc3)c2-c2ccccc2)c1. The van der Waals surface area contributed by atoms with E-state index in [4.69, 9.17) is 0 Å². The maximum absolute atomic E-state index is 2.39. The third kappa shape index (κ3) is 5.00. The minimum atomic E-state index is 1.13. The summed E-state index contributed by atoms with van der Waals surface area (Å²) in [4.78, 5) is 2.39. The van der Waals surface area contributed by atoms with E-state index in [0.29, 0.717) is 0 Å². The minimum absolute atomic E-state index is 1.13. The van der Waals surface area contributed by atoms with E-state index in [1.165, 1.54) is 44.5 Å². The Bertz CT molecular complexity index is 1700. The number of nitrogens with zero attached hydrogens (tertiary/aromatic N) is 1. The molecule has 0 aromatic heterocycles. The monoisotopic (exact) mass is 501 g/mol. The van der Waals surface area contributed by atoms with E-state index in [1.807, 2.05) is 0 Å². The summed E-state index contributed by atoms with van der Waals surface area (Å²) in [7, 11) is 0. The van der Waals surface area contributed by atoms with Crippen molar-refractivity contribution in [2.75, 3.05) is 4.90 Å². The first-order valence-corrected chi connectivity index (χ1v) is 13.5. The number of benzene rings is 6. The minimum Gasteiger partial charge on any atom is -0.310 e. The van der Waals surface area contributed by atoms with Crippen molar-refractivity contribution in [1.82, 2.24) is 0 Å². The Morgan fingerprint density at radius 3 is 1.56 bits per heavy atom. The van der Waals surface area contributed by atoms with Gasteiger partial charge in [0.25, 0.3) is 0 Å². The molecular weight excluding hydrogens is 470 g/mol. The van der Waals surface area contributed by atoms with Gasteiger partial charge in [-0.15, -0.1) is 0 Å². The number of anilines is 3. The molecule has 0 atom stereocenters. The van der Waals surface area contributed by atoms with Gasteiger partial charge in [-0.3, -0.25) is 0 Å². The molecule has 0 aliphatic heterocycles. The molecule has 39 heavy (non-hydrogen) atoms. The van der Waals surface area contributed by atoms with Gasteiger partial charge in [-0.05, 0) is 77.6 Å². The topological polar surface area (TPSA) is 3.24 Å². The van der Waals surface area contributed by atoms with Crippen LogP contribution in [0.1, 0.15) is 11.1 Å². The summed E-state index contributed by atoms with van der Waals surface area (Å²) in [6, 6.07) is 54.4. The van der Waals surface area contributed by atoms with Gasteiger partial charge in [-0.2, -0.15) is 0 Å². The van der Waals surface area contributed by atoms with Crippen molar-refractivity contribution < 1.29 is 0 Å². The zero-order valence-electron chi connectivity index (χ0n) is 22.4. The lowest BCUT2D eigenvalue weighted by Gasteiger charge is -2.30. The van der Waals surface area contributed by atoms with E-state index in [-0.39, 0.29) is 0 Å². The molecule has 1 nitrogen and oxygen atoms in total. The summed E-state index contributed by atoms with van der Waals surface area (Å²) >= 11 is 0. The second-order valence-corrected chi connectivity index (χ2v) is 9.99. The van der Waals surface area contributed by atoms with Crippen molar-refractivity contribution in [2.24, 2.45) is 0 Å². The fraction of sp³-hybridized carbons (Fsp3) is 0.0526. The summed E-state index contributed by atoms with van der Waals surface area (Å²) in [5.74, 6) is 0. The summed E-state index contributed by atoms with van der Waals surface area (Å²) < 4.78 is 0. The van der Waals surface area contributed by atoms with Crippen molar-refractivity contribution in [2.45, 2.75) is 13.8 Å². The molecule has 6 rings (SSSR count). The smallest absolute Gasteiger partial charge is 0.0546 e. The van der Waals surface area contributed by atoms with Gasteiger partial charge in [0.15, 0.2) is 0 Å². The fourth-order valence-electron chi connectivity index (χ4n) is 5.41. The molecule has 0 unspecified atom stereocenters. The van der Waals surface area contributed by atoms with Crippen LogP contribution < -0.4 is 4.90 Å². The average Bonchev–Trinajstić information content (AvgIpc) is 2.98. The van der Waals surface area contributed by atoms with Gasteiger partial charge in [-0.25, -0.2) is 0 Å². The lowest BCUT2D eigenvalue weighted by molar-refractivity contribution is 1.27. The molecule has 1 heteroatoms. The first kappa shape index (κ1) is 24.5. The number of hydrogen-bond acceptors (Lipinski definition) is 1. The van der Waals surface area contributed by atoms with Crippen LogP contribution in [0.4, 0.5) is 17.1 Å². The molecule has 0 N–H and O–H groups in total. The quantitative estimate of drug-likeness (QED) is 0.219. The van der Waals surface area contributed by atoms with Crippen LogP contribution in [0.2, 0.25) is 0 Å². The molecule has 0 fully saturated rings. The molecule has 6 aromatic rings. The first-order valence-electron chi connectivity index (χ1n) is 13.5. The zero-order valence-corrected chi connectivity index (χ0v) is 22.4. The maximum atomic E-state index is 2.39. The van der Waals surface area contributed by atoms with Gasteiger partial charge in [0.1, 0.15) is 0 Å². The molecule has 0 bridgehead atoms. The van der Waals surface area contributed by atoms with Gasteiger partial charge in [0.05, 0.1) is 5.69 Å². The Balaban J connectivity index is 1.75. The van der Waals surface area contributed by atoms with E-state index >= 15 is 0 Å². The third-order valence-electron chi connectivity index (χ3n) is 7.15. The number of hydrogen-bond donors (Lipinski definition) is 0. The molecule has 0 heterocycles. The predicted octanol–water partition coefficient (Wildman–Crippen LogP) is 10.8.